The molecule has 0 amide bonds. The van der Waals surface area contributed by atoms with Crippen LogP contribution in [0.3, 0.4) is 0 Å². The van der Waals surface area contributed by atoms with Crippen molar-refractivity contribution < 1.29 is 0 Å². The quantitative estimate of drug-likeness (QED) is 0.666. The summed E-state index contributed by atoms with van der Waals surface area (Å²) < 4.78 is 0. The smallest absolute Gasteiger partial charge is 0.0695 e. The molecule has 0 unspecified atom stereocenters. The molecule has 1 aliphatic heterocycles. The minimum absolute atomic E-state index is 0.810. The first-order valence-corrected chi connectivity index (χ1v) is 5.11. The molecule has 11 heavy (non-hydrogen) atoms. The van der Waals surface area contributed by atoms with E-state index < -0.39 is 0 Å². The third-order valence-electron chi connectivity index (χ3n) is 1.75. The maximum absolute atomic E-state index is 4.25. The van der Waals surface area contributed by atoms with Gasteiger partial charge in [0.15, 0.2) is 0 Å². The van der Waals surface area contributed by atoms with Crippen LogP contribution in [0.5, 0.6) is 0 Å². The van der Waals surface area contributed by atoms with Crippen LogP contribution in [0.1, 0.15) is 0 Å². The summed E-state index contributed by atoms with van der Waals surface area (Å²) in [6.45, 7) is 0. The number of rotatable bonds is 1. The molecule has 1 heterocycles. The van der Waals surface area contributed by atoms with Crippen molar-refractivity contribution in [1.82, 2.24) is 0 Å². The predicted molar refractivity (Wildman–Crippen MR) is 53.5 cm³/mol. The lowest BCUT2D eigenvalue weighted by molar-refractivity contribution is 1.07. The molecule has 0 fully saturated rings. The molecule has 0 bridgehead atoms. The van der Waals surface area contributed by atoms with Crippen molar-refractivity contribution >= 4 is 30.1 Å². The summed E-state index contributed by atoms with van der Waals surface area (Å²) in [4.78, 5) is 3.63. The van der Waals surface area contributed by atoms with E-state index >= 15 is 0 Å². The van der Waals surface area contributed by atoms with E-state index in [0.717, 1.165) is 11.8 Å². The maximum atomic E-state index is 4.25. The van der Waals surface area contributed by atoms with Gasteiger partial charge in [0.25, 0.3) is 0 Å². The van der Waals surface area contributed by atoms with Gasteiger partial charge in [-0.15, -0.1) is 11.8 Å². The van der Waals surface area contributed by atoms with Gasteiger partial charge >= 0.3 is 0 Å². The lowest BCUT2D eigenvalue weighted by Crippen LogP contribution is -2.15. The maximum Gasteiger partial charge on any atom is 0.0695 e. The van der Waals surface area contributed by atoms with Crippen LogP contribution in [0, 0.1) is 0 Å². The van der Waals surface area contributed by atoms with Gasteiger partial charge < -0.3 is 4.90 Å². The molecule has 1 aromatic carbocycles. The number of nitrogens with zero attached hydrogens (tertiary/aromatic N) is 1. The van der Waals surface area contributed by atoms with Crippen molar-refractivity contribution in [2.24, 2.45) is 0 Å². The Hall–Kier alpha value is -0.280. The van der Waals surface area contributed by atoms with Gasteiger partial charge in [0.1, 0.15) is 0 Å². The molecule has 1 aliphatic rings. The van der Waals surface area contributed by atoms with E-state index in [-0.39, 0.29) is 0 Å². The van der Waals surface area contributed by atoms with Crippen molar-refractivity contribution in [1.29, 1.82) is 0 Å². The Balaban J connectivity index is 2.39. The molecule has 0 N–H and O–H groups in total. The van der Waals surface area contributed by atoms with E-state index in [2.05, 4.69) is 41.8 Å². The number of thioether (sulfide) groups is 1. The average molecular weight is 183 g/mol. The van der Waals surface area contributed by atoms with Gasteiger partial charge in [-0.05, 0) is 12.1 Å². The standard InChI is InChI=1S/C8H9NS2/c10-5-9-6-11-8-4-2-1-3-7(8)9/h1-4,10H,5-6H2. The van der Waals surface area contributed by atoms with E-state index in [1.807, 2.05) is 11.8 Å². The van der Waals surface area contributed by atoms with Crippen LogP contribution in [0.4, 0.5) is 5.69 Å². The van der Waals surface area contributed by atoms with Gasteiger partial charge in [-0.2, -0.15) is 12.6 Å². The van der Waals surface area contributed by atoms with Crippen molar-refractivity contribution in [3.05, 3.63) is 24.3 Å². The Morgan fingerprint density at radius 1 is 1.45 bits per heavy atom. The molecule has 0 spiro atoms. The lowest BCUT2D eigenvalue weighted by Gasteiger charge is -2.13. The molecule has 1 nitrogen and oxygen atoms in total. The molecule has 0 saturated heterocycles. The number of hydrogen-bond acceptors (Lipinski definition) is 3. The van der Waals surface area contributed by atoms with Gasteiger partial charge in [-0.1, -0.05) is 12.1 Å². The van der Waals surface area contributed by atoms with Crippen molar-refractivity contribution in [3.63, 3.8) is 0 Å². The molecule has 0 radical (unpaired) electrons. The third-order valence-corrected chi connectivity index (χ3v) is 3.19. The molecule has 0 saturated carbocycles. The Bertz CT molecular complexity index is 262. The lowest BCUT2D eigenvalue weighted by atomic mass is 10.3. The van der Waals surface area contributed by atoms with Gasteiger partial charge in [-0.3, -0.25) is 0 Å². The Labute approximate surface area is 76.2 Å². The van der Waals surface area contributed by atoms with Gasteiger partial charge in [0, 0.05) is 4.90 Å². The zero-order chi connectivity index (χ0) is 7.68. The van der Waals surface area contributed by atoms with E-state index in [1.165, 1.54) is 10.6 Å². The topological polar surface area (TPSA) is 3.24 Å². The second-order valence-electron chi connectivity index (χ2n) is 2.42. The highest BCUT2D eigenvalue weighted by molar-refractivity contribution is 8.00. The number of thiol groups is 1. The van der Waals surface area contributed by atoms with Crippen LogP contribution in [-0.2, 0) is 0 Å². The minimum Gasteiger partial charge on any atom is -0.352 e. The van der Waals surface area contributed by atoms with Crippen LogP contribution < -0.4 is 4.90 Å². The second kappa shape index (κ2) is 2.99. The molecule has 2 rings (SSSR count). The van der Waals surface area contributed by atoms with Gasteiger partial charge in [-0.25, -0.2) is 0 Å². The largest absolute Gasteiger partial charge is 0.352 e. The molecule has 3 heteroatoms. The van der Waals surface area contributed by atoms with E-state index in [1.54, 1.807) is 0 Å². The summed E-state index contributed by atoms with van der Waals surface area (Å²) in [5, 5.41) is 0. The fraction of sp³-hybridized carbons (Fsp3) is 0.250. The Morgan fingerprint density at radius 2 is 2.27 bits per heavy atom. The first-order valence-electron chi connectivity index (χ1n) is 3.49. The highest BCUT2D eigenvalue weighted by atomic mass is 32.2. The normalized spacial score (nSPS) is 15.2. The number of fused-ring (bicyclic) bond motifs is 1. The molecular weight excluding hydrogens is 174 g/mol. The summed E-state index contributed by atoms with van der Waals surface area (Å²) in [6.07, 6.45) is 0. The summed E-state index contributed by atoms with van der Waals surface area (Å²) in [7, 11) is 0. The molecular formula is C8H9NS2. The molecule has 0 aliphatic carbocycles. The van der Waals surface area contributed by atoms with Crippen LogP contribution in [0.25, 0.3) is 0 Å². The number of para-hydroxylation sites is 1. The number of benzene rings is 1. The second-order valence-corrected chi connectivity index (χ2v) is 3.69. The molecule has 0 aromatic heterocycles. The third kappa shape index (κ3) is 1.23. The summed E-state index contributed by atoms with van der Waals surface area (Å²) in [5.74, 6) is 1.85. The average Bonchev–Trinajstić information content (AvgIpc) is 2.47. The van der Waals surface area contributed by atoms with Crippen molar-refractivity contribution in [2.45, 2.75) is 4.90 Å². The summed E-state index contributed by atoms with van der Waals surface area (Å²) in [5.41, 5.74) is 1.33. The van der Waals surface area contributed by atoms with Gasteiger partial charge in [0.2, 0.25) is 0 Å². The van der Waals surface area contributed by atoms with E-state index in [9.17, 15) is 0 Å². The Morgan fingerprint density at radius 3 is 3.09 bits per heavy atom. The van der Waals surface area contributed by atoms with Crippen LogP contribution in [0.2, 0.25) is 0 Å². The molecule has 58 valence electrons. The first-order chi connectivity index (χ1) is 5.42. The van der Waals surface area contributed by atoms with E-state index in [0.29, 0.717) is 0 Å². The summed E-state index contributed by atoms with van der Waals surface area (Å²) in [6, 6.07) is 8.45. The highest BCUT2D eigenvalue weighted by Gasteiger charge is 2.16. The highest BCUT2D eigenvalue weighted by Crippen LogP contribution is 2.37. The fourth-order valence-corrected chi connectivity index (χ4v) is 2.61. The zero-order valence-electron chi connectivity index (χ0n) is 6.03. The number of hydrogen-bond donors (Lipinski definition) is 1. The monoisotopic (exact) mass is 183 g/mol. The first kappa shape index (κ1) is 7.37. The molecule has 0 atom stereocenters. The van der Waals surface area contributed by atoms with Gasteiger partial charge in [0.05, 0.1) is 17.4 Å². The van der Waals surface area contributed by atoms with Crippen LogP contribution in [0.15, 0.2) is 29.2 Å². The SMILES string of the molecule is SCN1CSc2ccccc21. The Kier molecular flexibility index (Phi) is 2.00. The zero-order valence-corrected chi connectivity index (χ0v) is 7.74. The van der Waals surface area contributed by atoms with Crippen LogP contribution in [-0.4, -0.2) is 11.8 Å². The minimum atomic E-state index is 0.810. The van der Waals surface area contributed by atoms with Crippen molar-refractivity contribution in [2.75, 3.05) is 16.7 Å². The number of anilines is 1. The molecule has 1 aromatic rings. The van der Waals surface area contributed by atoms with Crippen molar-refractivity contribution in [3.8, 4) is 0 Å². The van der Waals surface area contributed by atoms with Crippen LogP contribution >= 0.6 is 24.4 Å². The fourth-order valence-electron chi connectivity index (χ4n) is 1.17. The van der Waals surface area contributed by atoms with E-state index in [4.69, 9.17) is 0 Å². The predicted octanol–water partition coefficient (Wildman–Crippen LogP) is 2.44. The summed E-state index contributed by atoms with van der Waals surface area (Å²) >= 11 is 6.13.